The van der Waals surface area contributed by atoms with Crippen molar-refractivity contribution in [2.75, 3.05) is 27.8 Å². The van der Waals surface area contributed by atoms with Crippen LogP contribution >= 0.6 is 27.3 Å². The highest BCUT2D eigenvalue weighted by atomic mass is 79.9. The zero-order valence-corrected chi connectivity index (χ0v) is 18.2. The fraction of sp³-hybridized carbons (Fsp3) is 0.444. The Morgan fingerprint density at radius 2 is 2.00 bits per heavy atom. The van der Waals surface area contributed by atoms with E-state index >= 15 is 0 Å². The minimum absolute atomic E-state index is 0.518. The Hall–Kier alpha value is -1.80. The molecule has 1 heterocycles. The second-order valence-corrected chi connectivity index (χ2v) is 7.60. The SMILES string of the molecule is CCNC(=NCc1cc(OC)c(OC)cc1Br)N(C)Cc1csc(C)n1. The molecular formula is C18H25BrN4O2S. The molecule has 2 rings (SSSR count). The fourth-order valence-corrected chi connectivity index (χ4v) is 3.50. The van der Waals surface area contributed by atoms with Crippen LogP contribution in [0.5, 0.6) is 11.5 Å². The van der Waals surface area contributed by atoms with Crippen LogP contribution in [0.2, 0.25) is 0 Å². The van der Waals surface area contributed by atoms with Crippen molar-refractivity contribution in [2.45, 2.75) is 26.9 Å². The predicted molar refractivity (Wildman–Crippen MR) is 110 cm³/mol. The Bertz CT molecular complexity index is 764. The highest BCUT2D eigenvalue weighted by molar-refractivity contribution is 9.10. The normalized spacial score (nSPS) is 11.4. The molecule has 2 aromatic rings. The van der Waals surface area contributed by atoms with E-state index in [1.165, 1.54) is 0 Å². The van der Waals surface area contributed by atoms with Crippen molar-refractivity contribution in [3.8, 4) is 11.5 Å². The summed E-state index contributed by atoms with van der Waals surface area (Å²) in [5, 5.41) is 6.49. The Morgan fingerprint density at radius 1 is 1.31 bits per heavy atom. The van der Waals surface area contributed by atoms with E-state index < -0.39 is 0 Å². The van der Waals surface area contributed by atoms with E-state index in [1.54, 1.807) is 25.6 Å². The highest BCUT2D eigenvalue weighted by Crippen LogP contribution is 2.33. The summed E-state index contributed by atoms with van der Waals surface area (Å²) >= 11 is 5.25. The number of aromatic nitrogens is 1. The summed E-state index contributed by atoms with van der Waals surface area (Å²) < 4.78 is 11.7. The monoisotopic (exact) mass is 440 g/mol. The largest absolute Gasteiger partial charge is 0.493 e. The van der Waals surface area contributed by atoms with Crippen LogP contribution in [-0.4, -0.2) is 43.7 Å². The number of aryl methyl sites for hydroxylation is 1. The van der Waals surface area contributed by atoms with E-state index in [0.717, 1.165) is 33.2 Å². The van der Waals surface area contributed by atoms with Crippen LogP contribution in [0.25, 0.3) is 0 Å². The first-order valence-corrected chi connectivity index (χ1v) is 9.96. The Balaban J connectivity index is 2.18. The van der Waals surface area contributed by atoms with Crippen LogP contribution in [0, 0.1) is 6.92 Å². The molecule has 0 saturated carbocycles. The third-order valence-corrected chi connectivity index (χ3v) is 5.27. The third-order valence-electron chi connectivity index (χ3n) is 3.71. The summed E-state index contributed by atoms with van der Waals surface area (Å²) in [5.41, 5.74) is 2.07. The maximum atomic E-state index is 5.39. The molecule has 142 valence electrons. The van der Waals surface area contributed by atoms with E-state index in [-0.39, 0.29) is 0 Å². The molecule has 0 aliphatic heterocycles. The quantitative estimate of drug-likeness (QED) is 0.523. The van der Waals surface area contributed by atoms with Gasteiger partial charge in [0.2, 0.25) is 0 Å². The summed E-state index contributed by atoms with van der Waals surface area (Å²) in [7, 11) is 5.27. The van der Waals surface area contributed by atoms with Crippen molar-refractivity contribution in [1.29, 1.82) is 0 Å². The summed E-state index contributed by atoms with van der Waals surface area (Å²) in [6, 6.07) is 3.85. The maximum absolute atomic E-state index is 5.39. The number of nitrogens with zero attached hydrogens (tertiary/aromatic N) is 3. The second kappa shape index (κ2) is 9.78. The summed E-state index contributed by atoms with van der Waals surface area (Å²) in [5.74, 6) is 2.21. The number of rotatable bonds is 7. The van der Waals surface area contributed by atoms with Crippen molar-refractivity contribution >= 4 is 33.2 Å². The third kappa shape index (κ3) is 5.35. The number of methoxy groups -OCH3 is 2. The van der Waals surface area contributed by atoms with Gasteiger partial charge < -0.3 is 19.7 Å². The number of ether oxygens (including phenoxy) is 2. The lowest BCUT2D eigenvalue weighted by atomic mass is 10.2. The number of thiazole rings is 1. The Kier molecular flexibility index (Phi) is 7.71. The molecule has 0 bridgehead atoms. The van der Waals surface area contributed by atoms with Gasteiger partial charge >= 0.3 is 0 Å². The first-order valence-electron chi connectivity index (χ1n) is 8.29. The van der Waals surface area contributed by atoms with E-state index in [0.29, 0.717) is 24.6 Å². The summed E-state index contributed by atoms with van der Waals surface area (Å²) in [4.78, 5) is 11.4. The zero-order valence-electron chi connectivity index (χ0n) is 15.8. The van der Waals surface area contributed by atoms with Gasteiger partial charge in [-0.05, 0) is 31.5 Å². The van der Waals surface area contributed by atoms with Crippen LogP contribution in [0.1, 0.15) is 23.2 Å². The van der Waals surface area contributed by atoms with Crippen LogP contribution in [-0.2, 0) is 13.1 Å². The molecule has 0 fully saturated rings. The number of aliphatic imine (C=N–C) groups is 1. The first kappa shape index (κ1) is 20.5. The van der Waals surface area contributed by atoms with Gasteiger partial charge in [-0.25, -0.2) is 9.98 Å². The number of guanidine groups is 1. The standard InChI is InChI=1S/C18H25BrN4O2S/c1-6-20-18(23(3)10-14-11-26-12(2)22-14)21-9-13-7-16(24-4)17(25-5)8-15(13)19/h7-8,11H,6,9-10H2,1-5H3,(H,20,21). The summed E-state index contributed by atoms with van der Waals surface area (Å²) in [6.07, 6.45) is 0. The minimum Gasteiger partial charge on any atom is -0.493 e. The van der Waals surface area contributed by atoms with Crippen LogP contribution < -0.4 is 14.8 Å². The molecule has 8 heteroatoms. The van der Waals surface area contributed by atoms with Gasteiger partial charge in [-0.1, -0.05) is 15.9 Å². The van der Waals surface area contributed by atoms with Gasteiger partial charge in [0.05, 0.1) is 38.0 Å². The molecule has 6 nitrogen and oxygen atoms in total. The van der Waals surface area contributed by atoms with Crippen LogP contribution in [0.3, 0.4) is 0 Å². The molecule has 0 radical (unpaired) electrons. The minimum atomic E-state index is 0.518. The molecule has 0 atom stereocenters. The van der Waals surface area contributed by atoms with E-state index in [2.05, 4.69) is 43.4 Å². The molecule has 0 spiro atoms. The topological polar surface area (TPSA) is 59.0 Å². The first-order chi connectivity index (χ1) is 12.5. The molecule has 1 N–H and O–H groups in total. The average molecular weight is 441 g/mol. The van der Waals surface area contributed by atoms with Gasteiger partial charge in [-0.3, -0.25) is 0 Å². The van der Waals surface area contributed by atoms with Crippen molar-refractivity contribution in [3.05, 3.63) is 38.3 Å². The molecule has 0 unspecified atom stereocenters. The molecular weight excluding hydrogens is 416 g/mol. The number of hydrogen-bond acceptors (Lipinski definition) is 5. The van der Waals surface area contributed by atoms with Gasteiger partial charge in [0.15, 0.2) is 17.5 Å². The maximum Gasteiger partial charge on any atom is 0.194 e. The van der Waals surface area contributed by atoms with Crippen LogP contribution in [0.15, 0.2) is 27.0 Å². The lowest BCUT2D eigenvalue weighted by molar-refractivity contribution is 0.354. The van der Waals surface area contributed by atoms with Crippen molar-refractivity contribution in [2.24, 2.45) is 4.99 Å². The molecule has 0 saturated heterocycles. The van der Waals surface area contributed by atoms with Crippen molar-refractivity contribution < 1.29 is 9.47 Å². The smallest absolute Gasteiger partial charge is 0.194 e. The Labute approximate surface area is 167 Å². The molecule has 0 aliphatic carbocycles. The van der Waals surface area contributed by atoms with E-state index in [1.807, 2.05) is 26.1 Å². The number of hydrogen-bond donors (Lipinski definition) is 1. The van der Waals surface area contributed by atoms with Gasteiger partial charge in [-0.15, -0.1) is 11.3 Å². The number of halogens is 1. The Morgan fingerprint density at radius 3 is 2.58 bits per heavy atom. The number of benzene rings is 1. The predicted octanol–water partition coefficient (Wildman–Crippen LogP) is 3.83. The lowest BCUT2D eigenvalue weighted by Crippen LogP contribution is -2.38. The second-order valence-electron chi connectivity index (χ2n) is 5.68. The molecule has 26 heavy (non-hydrogen) atoms. The van der Waals surface area contributed by atoms with E-state index in [9.17, 15) is 0 Å². The molecule has 0 amide bonds. The average Bonchev–Trinajstić information content (AvgIpc) is 3.03. The van der Waals surface area contributed by atoms with Gasteiger partial charge in [0.1, 0.15) is 0 Å². The van der Waals surface area contributed by atoms with Gasteiger partial charge in [-0.2, -0.15) is 0 Å². The highest BCUT2D eigenvalue weighted by Gasteiger charge is 2.12. The molecule has 1 aromatic heterocycles. The lowest BCUT2D eigenvalue weighted by Gasteiger charge is -2.21. The van der Waals surface area contributed by atoms with Gasteiger partial charge in [0, 0.05) is 23.4 Å². The summed E-state index contributed by atoms with van der Waals surface area (Å²) in [6.45, 7) is 6.10. The zero-order chi connectivity index (χ0) is 19.1. The van der Waals surface area contributed by atoms with Crippen molar-refractivity contribution in [1.82, 2.24) is 15.2 Å². The van der Waals surface area contributed by atoms with Gasteiger partial charge in [0.25, 0.3) is 0 Å². The molecule has 0 aliphatic rings. The van der Waals surface area contributed by atoms with Crippen LogP contribution in [0.4, 0.5) is 0 Å². The number of nitrogens with one attached hydrogen (secondary N) is 1. The van der Waals surface area contributed by atoms with Crippen molar-refractivity contribution in [3.63, 3.8) is 0 Å². The fourth-order valence-electron chi connectivity index (χ4n) is 2.45. The van der Waals surface area contributed by atoms with E-state index in [4.69, 9.17) is 14.5 Å². The molecule has 1 aromatic carbocycles.